The first-order chi connectivity index (χ1) is 12.0. The minimum Gasteiger partial charge on any atom is -0.453 e. The summed E-state index contributed by atoms with van der Waals surface area (Å²) in [6, 6.07) is 10.3. The molecule has 0 saturated carbocycles. The lowest BCUT2D eigenvalue weighted by Gasteiger charge is -2.13. The van der Waals surface area contributed by atoms with Gasteiger partial charge in [-0.1, -0.05) is 18.2 Å². The summed E-state index contributed by atoms with van der Waals surface area (Å²) < 4.78 is 5.23. The zero-order valence-electron chi connectivity index (χ0n) is 13.3. The third-order valence-electron chi connectivity index (χ3n) is 3.46. The van der Waals surface area contributed by atoms with Crippen LogP contribution in [0.1, 0.15) is 28.5 Å². The number of aromatic nitrogens is 2. The van der Waals surface area contributed by atoms with Crippen molar-refractivity contribution in [3.8, 4) is 0 Å². The number of hydrogen-bond donors (Lipinski definition) is 2. The van der Waals surface area contributed by atoms with Gasteiger partial charge < -0.3 is 15.0 Å². The number of hydrogen-bond acceptors (Lipinski definition) is 6. The van der Waals surface area contributed by atoms with Crippen LogP contribution in [-0.4, -0.2) is 28.4 Å². The van der Waals surface area contributed by atoms with Gasteiger partial charge in [0.15, 0.2) is 11.9 Å². The lowest BCUT2D eigenvalue weighted by Crippen LogP contribution is -2.31. The minimum absolute atomic E-state index is 0.252. The van der Waals surface area contributed by atoms with Crippen LogP contribution in [0.25, 0.3) is 10.9 Å². The number of carbonyl (C=O) groups is 2. The van der Waals surface area contributed by atoms with Gasteiger partial charge in [0, 0.05) is 0 Å². The molecular weight excluding hydrogens is 342 g/mol. The minimum atomic E-state index is -0.747. The van der Waals surface area contributed by atoms with E-state index >= 15 is 0 Å². The molecule has 0 radical (unpaired) electrons. The van der Waals surface area contributed by atoms with E-state index in [1.165, 1.54) is 11.3 Å². The highest BCUT2D eigenvalue weighted by molar-refractivity contribution is 7.12. The Labute approximate surface area is 146 Å². The number of aromatic amines is 1. The van der Waals surface area contributed by atoms with Crippen molar-refractivity contribution in [1.29, 1.82) is 0 Å². The summed E-state index contributed by atoms with van der Waals surface area (Å²) in [5, 5.41) is 4.73. The van der Waals surface area contributed by atoms with Crippen molar-refractivity contribution in [2.75, 3.05) is 6.54 Å². The van der Waals surface area contributed by atoms with Crippen LogP contribution in [-0.2, 0) is 9.53 Å². The smallest absolute Gasteiger partial charge is 0.326 e. The Morgan fingerprint density at radius 1 is 1.28 bits per heavy atom. The average Bonchev–Trinajstić information content (AvgIpc) is 3.14. The maximum atomic E-state index is 12.0. The van der Waals surface area contributed by atoms with Crippen molar-refractivity contribution in [3.63, 3.8) is 0 Å². The van der Waals surface area contributed by atoms with E-state index < -0.39 is 12.1 Å². The first-order valence-corrected chi connectivity index (χ1v) is 8.42. The number of fused-ring (bicyclic) bond motifs is 1. The fourth-order valence-corrected chi connectivity index (χ4v) is 2.88. The second-order valence-corrected chi connectivity index (χ2v) is 6.21. The van der Waals surface area contributed by atoms with E-state index in [2.05, 4.69) is 15.3 Å². The largest absolute Gasteiger partial charge is 0.453 e. The Balaban J connectivity index is 1.63. The highest BCUT2D eigenvalue weighted by Crippen LogP contribution is 2.14. The Morgan fingerprint density at radius 3 is 2.84 bits per heavy atom. The maximum Gasteiger partial charge on any atom is 0.326 e. The van der Waals surface area contributed by atoms with Crippen LogP contribution >= 0.6 is 11.3 Å². The van der Waals surface area contributed by atoms with Gasteiger partial charge in [-0.2, -0.15) is 0 Å². The lowest BCUT2D eigenvalue weighted by molar-refractivity contribution is -0.147. The van der Waals surface area contributed by atoms with Crippen molar-refractivity contribution < 1.29 is 14.3 Å². The van der Waals surface area contributed by atoms with Crippen LogP contribution in [0.3, 0.4) is 0 Å². The van der Waals surface area contributed by atoms with Crippen LogP contribution in [0.2, 0.25) is 0 Å². The van der Waals surface area contributed by atoms with Gasteiger partial charge in [-0.25, -0.2) is 4.98 Å². The van der Waals surface area contributed by atoms with E-state index in [1.54, 1.807) is 48.7 Å². The average molecular weight is 357 g/mol. The first kappa shape index (κ1) is 16.8. The molecule has 2 aromatic heterocycles. The predicted octanol–water partition coefficient (Wildman–Crippen LogP) is 2.02. The molecule has 0 aliphatic heterocycles. The number of esters is 1. The van der Waals surface area contributed by atoms with Crippen LogP contribution < -0.4 is 10.9 Å². The SMILES string of the molecule is C[C@H](OC(=O)CNC(=O)c1cccs1)c1nc2ccccc2c(=O)[nH]1. The Bertz CT molecular complexity index is 965. The Kier molecular flexibility index (Phi) is 4.90. The van der Waals surface area contributed by atoms with E-state index in [0.29, 0.717) is 15.8 Å². The van der Waals surface area contributed by atoms with Crippen molar-refractivity contribution >= 4 is 34.1 Å². The Hall–Kier alpha value is -3.00. The molecule has 1 atom stereocenters. The summed E-state index contributed by atoms with van der Waals surface area (Å²) in [5.74, 6) is -0.702. The summed E-state index contributed by atoms with van der Waals surface area (Å²) in [4.78, 5) is 43.2. The maximum absolute atomic E-state index is 12.0. The topological polar surface area (TPSA) is 101 Å². The number of thiophene rings is 1. The molecule has 0 fully saturated rings. The molecule has 0 saturated heterocycles. The molecule has 3 aromatic rings. The number of nitrogens with one attached hydrogen (secondary N) is 2. The van der Waals surface area contributed by atoms with Gasteiger partial charge in [-0.15, -0.1) is 11.3 Å². The lowest BCUT2D eigenvalue weighted by atomic mass is 10.2. The summed E-state index contributed by atoms with van der Waals surface area (Å²) >= 11 is 1.28. The number of rotatable bonds is 5. The van der Waals surface area contributed by atoms with Crippen molar-refractivity contribution in [3.05, 3.63) is 62.8 Å². The normalized spacial score (nSPS) is 11.9. The molecule has 25 heavy (non-hydrogen) atoms. The molecule has 0 bridgehead atoms. The number of benzene rings is 1. The molecule has 1 amide bonds. The summed E-state index contributed by atoms with van der Waals surface area (Å²) in [6.45, 7) is 1.34. The molecule has 8 heteroatoms. The van der Waals surface area contributed by atoms with Gasteiger partial charge >= 0.3 is 5.97 Å². The van der Waals surface area contributed by atoms with E-state index in [0.717, 1.165) is 0 Å². The van der Waals surface area contributed by atoms with Crippen LogP contribution in [0.4, 0.5) is 0 Å². The third kappa shape index (κ3) is 3.92. The molecule has 0 unspecified atom stereocenters. The monoisotopic (exact) mass is 357 g/mol. The zero-order chi connectivity index (χ0) is 17.8. The second-order valence-electron chi connectivity index (χ2n) is 5.26. The molecule has 1 aromatic carbocycles. The number of para-hydroxylation sites is 1. The van der Waals surface area contributed by atoms with Crippen LogP contribution in [0.15, 0.2) is 46.6 Å². The van der Waals surface area contributed by atoms with E-state index in [9.17, 15) is 14.4 Å². The molecule has 7 nitrogen and oxygen atoms in total. The highest BCUT2D eigenvalue weighted by atomic mass is 32.1. The molecule has 0 aliphatic rings. The highest BCUT2D eigenvalue weighted by Gasteiger charge is 2.16. The van der Waals surface area contributed by atoms with Crippen molar-refractivity contribution in [2.45, 2.75) is 13.0 Å². The number of H-pyrrole nitrogens is 1. The first-order valence-electron chi connectivity index (χ1n) is 7.55. The van der Waals surface area contributed by atoms with Gasteiger partial charge in [0.1, 0.15) is 6.54 Å². The molecule has 2 heterocycles. The van der Waals surface area contributed by atoms with E-state index in [4.69, 9.17) is 4.74 Å². The summed E-state index contributed by atoms with van der Waals surface area (Å²) in [5.41, 5.74) is 0.227. The number of carbonyl (C=O) groups excluding carboxylic acids is 2. The van der Waals surface area contributed by atoms with Gasteiger partial charge in [0.25, 0.3) is 11.5 Å². The quantitative estimate of drug-likeness (QED) is 0.680. The fraction of sp³-hybridized carbons (Fsp3) is 0.176. The van der Waals surface area contributed by atoms with E-state index in [1.807, 2.05) is 0 Å². The molecular formula is C17H15N3O4S. The van der Waals surface area contributed by atoms with Gasteiger partial charge in [-0.3, -0.25) is 14.4 Å². The summed E-state index contributed by atoms with van der Waals surface area (Å²) in [6.07, 6.45) is -0.747. The third-order valence-corrected chi connectivity index (χ3v) is 4.33. The zero-order valence-corrected chi connectivity index (χ0v) is 14.1. The number of amides is 1. The molecule has 0 spiro atoms. The van der Waals surface area contributed by atoms with Gasteiger partial charge in [-0.05, 0) is 30.5 Å². The summed E-state index contributed by atoms with van der Waals surface area (Å²) in [7, 11) is 0. The fourth-order valence-electron chi connectivity index (χ4n) is 2.24. The number of nitrogens with zero attached hydrogens (tertiary/aromatic N) is 1. The van der Waals surface area contributed by atoms with Gasteiger partial charge in [0.2, 0.25) is 0 Å². The van der Waals surface area contributed by atoms with Crippen molar-refractivity contribution in [1.82, 2.24) is 15.3 Å². The predicted molar refractivity (Wildman–Crippen MR) is 93.5 cm³/mol. The molecule has 2 N–H and O–H groups in total. The van der Waals surface area contributed by atoms with Crippen molar-refractivity contribution in [2.24, 2.45) is 0 Å². The number of ether oxygens (including phenoxy) is 1. The van der Waals surface area contributed by atoms with Crippen LogP contribution in [0, 0.1) is 0 Å². The standard InChI is InChI=1S/C17H15N3O4S/c1-10(15-19-12-6-3-2-5-11(12)16(22)20-15)24-14(21)9-18-17(23)13-7-4-8-25-13/h2-8,10H,9H2,1H3,(H,18,23)(H,19,20,22)/t10-/m0/s1. The van der Waals surface area contributed by atoms with Crippen LogP contribution in [0.5, 0.6) is 0 Å². The molecule has 3 rings (SSSR count). The molecule has 128 valence electrons. The van der Waals surface area contributed by atoms with E-state index in [-0.39, 0.29) is 23.8 Å². The van der Waals surface area contributed by atoms with Gasteiger partial charge in [0.05, 0.1) is 15.8 Å². The second kappa shape index (κ2) is 7.27. The Morgan fingerprint density at radius 2 is 2.08 bits per heavy atom. The molecule has 0 aliphatic carbocycles.